The number of hydrogen-bond donors (Lipinski definition) is 2. The summed E-state index contributed by atoms with van der Waals surface area (Å²) in [7, 11) is 0. The third-order valence-electron chi connectivity index (χ3n) is 5.53. The van der Waals surface area contributed by atoms with E-state index in [0.717, 1.165) is 29.8 Å². The zero-order chi connectivity index (χ0) is 21.3. The number of hydrazone groups is 1. The Morgan fingerprint density at radius 1 is 1.23 bits per heavy atom. The molecule has 0 saturated heterocycles. The number of nitrogens with zero attached hydrogens (tertiary/aromatic N) is 3. The summed E-state index contributed by atoms with van der Waals surface area (Å²) in [6.07, 6.45) is 2.37. The van der Waals surface area contributed by atoms with Crippen molar-refractivity contribution < 1.29 is 0 Å². The Bertz CT molecular complexity index is 1210. The van der Waals surface area contributed by atoms with Gasteiger partial charge in [-0.2, -0.15) is 5.10 Å². The second-order valence-electron chi connectivity index (χ2n) is 7.84. The lowest BCUT2D eigenvalue weighted by Gasteiger charge is -2.20. The maximum absolute atomic E-state index is 13.2. The van der Waals surface area contributed by atoms with Crippen LogP contribution in [0.3, 0.4) is 0 Å². The average molecular weight is 402 g/mol. The van der Waals surface area contributed by atoms with Crippen molar-refractivity contribution >= 4 is 16.6 Å². The number of aromatic nitrogens is 2. The highest BCUT2D eigenvalue weighted by molar-refractivity contribution is 6.02. The molecular formula is C24H27N5O. The molecule has 1 unspecified atom stereocenters. The molecule has 154 valence electrons. The fourth-order valence-corrected chi connectivity index (χ4v) is 3.70. The van der Waals surface area contributed by atoms with Gasteiger partial charge in [0, 0.05) is 12.1 Å². The van der Waals surface area contributed by atoms with Gasteiger partial charge in [-0.05, 0) is 55.2 Å². The molecule has 1 atom stereocenters. The minimum absolute atomic E-state index is 0.130. The van der Waals surface area contributed by atoms with Gasteiger partial charge in [0.25, 0.3) is 5.56 Å². The zero-order valence-corrected chi connectivity index (χ0v) is 17.7. The lowest BCUT2D eigenvalue weighted by Crippen LogP contribution is -2.35. The van der Waals surface area contributed by atoms with Crippen LogP contribution < -0.4 is 16.4 Å². The number of benzene rings is 2. The number of rotatable bonds is 6. The highest BCUT2D eigenvalue weighted by atomic mass is 16.1. The van der Waals surface area contributed by atoms with Crippen molar-refractivity contribution in [2.75, 3.05) is 5.43 Å². The Labute approximate surface area is 176 Å². The summed E-state index contributed by atoms with van der Waals surface area (Å²) >= 11 is 0. The minimum atomic E-state index is -0.208. The summed E-state index contributed by atoms with van der Waals surface area (Å²) in [5, 5.41) is 5.14. The number of allylic oxidation sites excluding steroid dienone is 1. The van der Waals surface area contributed by atoms with E-state index >= 15 is 0 Å². The Morgan fingerprint density at radius 3 is 2.80 bits per heavy atom. The molecule has 6 nitrogen and oxygen atoms in total. The van der Waals surface area contributed by atoms with Gasteiger partial charge in [0.15, 0.2) is 5.82 Å². The summed E-state index contributed by atoms with van der Waals surface area (Å²) < 4.78 is 1.52. The molecular weight excluding hydrogens is 374 g/mol. The molecule has 1 aromatic heterocycles. The standard InChI is InChI=1S/C24H27N5O/c1-5-8-17(4)28-29-23(25-20-10-7-6-9-19(20)24(29)30)22-14-21(26-27-22)18-12-11-15(2)16(3)13-18/h6-7,9-13,22,27-28H,4-5,8,14H2,1-3H3. The molecule has 0 radical (unpaired) electrons. The van der Waals surface area contributed by atoms with Crippen LogP contribution in [0.2, 0.25) is 0 Å². The van der Waals surface area contributed by atoms with E-state index < -0.39 is 0 Å². The van der Waals surface area contributed by atoms with Crippen LogP contribution in [0.1, 0.15) is 54.7 Å². The summed E-state index contributed by atoms with van der Waals surface area (Å²) in [5.41, 5.74) is 12.2. The predicted octanol–water partition coefficient (Wildman–Crippen LogP) is 4.31. The molecule has 3 aromatic rings. The van der Waals surface area contributed by atoms with Gasteiger partial charge in [0.1, 0.15) is 6.04 Å². The topological polar surface area (TPSA) is 71.3 Å². The molecule has 30 heavy (non-hydrogen) atoms. The van der Waals surface area contributed by atoms with Crippen LogP contribution in [-0.2, 0) is 0 Å². The Hall–Kier alpha value is -3.41. The highest BCUT2D eigenvalue weighted by Gasteiger charge is 2.27. The Morgan fingerprint density at radius 2 is 2.03 bits per heavy atom. The molecule has 6 heteroatoms. The fraction of sp³-hybridized carbons (Fsp3) is 0.292. The van der Waals surface area contributed by atoms with Crippen molar-refractivity contribution in [2.45, 2.75) is 46.1 Å². The Kier molecular flexibility index (Phi) is 5.40. The number of fused-ring (bicyclic) bond motifs is 1. The third kappa shape index (κ3) is 3.73. The van der Waals surface area contributed by atoms with Gasteiger partial charge in [-0.3, -0.25) is 15.6 Å². The third-order valence-corrected chi connectivity index (χ3v) is 5.53. The Balaban J connectivity index is 1.72. The van der Waals surface area contributed by atoms with Crippen molar-refractivity contribution in [3.05, 3.63) is 87.6 Å². The largest absolute Gasteiger partial charge is 0.299 e. The van der Waals surface area contributed by atoms with Crippen molar-refractivity contribution in [1.29, 1.82) is 0 Å². The molecule has 2 aromatic carbocycles. The van der Waals surface area contributed by atoms with Crippen molar-refractivity contribution in [1.82, 2.24) is 15.1 Å². The van der Waals surface area contributed by atoms with Crippen LogP contribution in [0.4, 0.5) is 0 Å². The van der Waals surface area contributed by atoms with E-state index in [0.29, 0.717) is 23.1 Å². The molecule has 4 rings (SSSR count). The maximum atomic E-state index is 13.2. The fourth-order valence-electron chi connectivity index (χ4n) is 3.70. The molecule has 0 fully saturated rings. The zero-order valence-electron chi connectivity index (χ0n) is 17.7. The molecule has 0 bridgehead atoms. The first kappa shape index (κ1) is 19.9. The van der Waals surface area contributed by atoms with Crippen LogP contribution >= 0.6 is 0 Å². The quantitative estimate of drug-likeness (QED) is 0.646. The molecule has 2 N–H and O–H groups in total. The summed E-state index contributed by atoms with van der Waals surface area (Å²) in [5.74, 6) is 0.610. The summed E-state index contributed by atoms with van der Waals surface area (Å²) in [6.45, 7) is 10.3. The second-order valence-corrected chi connectivity index (χ2v) is 7.84. The van der Waals surface area contributed by atoms with E-state index in [9.17, 15) is 4.79 Å². The molecule has 0 amide bonds. The van der Waals surface area contributed by atoms with Gasteiger partial charge < -0.3 is 0 Å². The van der Waals surface area contributed by atoms with Gasteiger partial charge in [-0.25, -0.2) is 9.66 Å². The normalized spacial score (nSPS) is 15.7. The molecule has 1 aliphatic heterocycles. The van der Waals surface area contributed by atoms with Gasteiger partial charge in [-0.1, -0.05) is 44.2 Å². The van der Waals surface area contributed by atoms with E-state index in [2.05, 4.69) is 61.5 Å². The predicted molar refractivity (Wildman–Crippen MR) is 122 cm³/mol. The van der Waals surface area contributed by atoms with Crippen LogP contribution in [0, 0.1) is 13.8 Å². The number of nitrogens with one attached hydrogen (secondary N) is 2. The van der Waals surface area contributed by atoms with Crippen LogP contribution in [0.15, 0.2) is 64.6 Å². The SMILES string of the molecule is C=C(CCC)Nn1c(C2CC(c3ccc(C)c(C)c3)=NN2)nc2ccccc2c1=O. The maximum Gasteiger partial charge on any atom is 0.280 e. The number of hydrogen-bond acceptors (Lipinski definition) is 5. The first-order valence-electron chi connectivity index (χ1n) is 10.3. The lowest BCUT2D eigenvalue weighted by atomic mass is 9.99. The number of aryl methyl sites for hydroxylation is 2. The molecule has 0 spiro atoms. The first-order chi connectivity index (χ1) is 14.5. The van der Waals surface area contributed by atoms with Gasteiger partial charge >= 0.3 is 0 Å². The summed E-state index contributed by atoms with van der Waals surface area (Å²) in [4.78, 5) is 18.0. The van der Waals surface area contributed by atoms with E-state index in [1.165, 1.54) is 15.8 Å². The van der Waals surface area contributed by atoms with E-state index in [4.69, 9.17) is 4.98 Å². The average Bonchev–Trinajstić information content (AvgIpc) is 3.22. The van der Waals surface area contributed by atoms with Crippen molar-refractivity contribution in [2.24, 2.45) is 5.10 Å². The van der Waals surface area contributed by atoms with Crippen LogP contribution in [-0.4, -0.2) is 15.4 Å². The molecule has 0 saturated carbocycles. The van der Waals surface area contributed by atoms with Crippen molar-refractivity contribution in [3.63, 3.8) is 0 Å². The van der Waals surface area contributed by atoms with Gasteiger partial charge in [0.2, 0.25) is 0 Å². The van der Waals surface area contributed by atoms with E-state index in [-0.39, 0.29) is 11.6 Å². The van der Waals surface area contributed by atoms with Gasteiger partial charge in [0.05, 0.1) is 16.6 Å². The monoisotopic (exact) mass is 401 g/mol. The lowest BCUT2D eigenvalue weighted by molar-refractivity contribution is 0.551. The van der Waals surface area contributed by atoms with E-state index in [1.54, 1.807) is 6.07 Å². The highest BCUT2D eigenvalue weighted by Crippen LogP contribution is 2.25. The molecule has 1 aliphatic rings. The second kappa shape index (κ2) is 8.14. The first-order valence-corrected chi connectivity index (χ1v) is 10.3. The van der Waals surface area contributed by atoms with Crippen molar-refractivity contribution in [3.8, 4) is 0 Å². The molecule has 2 heterocycles. The number of para-hydroxylation sites is 1. The van der Waals surface area contributed by atoms with Crippen LogP contribution in [0.5, 0.6) is 0 Å². The van der Waals surface area contributed by atoms with Crippen LogP contribution in [0.25, 0.3) is 10.9 Å². The minimum Gasteiger partial charge on any atom is -0.299 e. The summed E-state index contributed by atoms with van der Waals surface area (Å²) in [6, 6.07) is 13.6. The molecule has 0 aliphatic carbocycles. The van der Waals surface area contributed by atoms with Gasteiger partial charge in [-0.15, -0.1) is 0 Å². The van der Waals surface area contributed by atoms with E-state index in [1.807, 2.05) is 18.2 Å². The smallest absolute Gasteiger partial charge is 0.280 e.